The van der Waals surface area contributed by atoms with E-state index in [-0.39, 0.29) is 23.2 Å². The van der Waals surface area contributed by atoms with Crippen molar-refractivity contribution in [3.8, 4) is 22.8 Å². The zero-order valence-electron chi connectivity index (χ0n) is 22.2. The second-order valence-corrected chi connectivity index (χ2v) is 11.2. The van der Waals surface area contributed by atoms with Crippen LogP contribution >= 0.6 is 9.24 Å². The maximum atomic E-state index is 14.1. The lowest BCUT2D eigenvalue weighted by Crippen LogP contribution is -2.25. The predicted octanol–water partition coefficient (Wildman–Crippen LogP) is 7.23. The molecule has 0 aliphatic heterocycles. The van der Waals surface area contributed by atoms with Crippen LogP contribution < -0.4 is 10.2 Å². The fourth-order valence-electron chi connectivity index (χ4n) is 4.09. The average Bonchev–Trinajstić information content (AvgIpc) is 3.32. The summed E-state index contributed by atoms with van der Waals surface area (Å²) in [5.41, 5.74) is 0.625. The van der Waals surface area contributed by atoms with Gasteiger partial charge < -0.3 is 14.6 Å². The topological polar surface area (TPSA) is 58.4 Å². The van der Waals surface area contributed by atoms with Crippen LogP contribution in [0.5, 0.6) is 0 Å². The van der Waals surface area contributed by atoms with E-state index < -0.39 is 11.6 Å². The van der Waals surface area contributed by atoms with Crippen LogP contribution in [0.3, 0.4) is 0 Å². The summed E-state index contributed by atoms with van der Waals surface area (Å²) in [6.45, 7) is 6.32. The fraction of sp³-hybridized carbons (Fsp3) is 0.267. The Morgan fingerprint density at radius 1 is 0.974 bits per heavy atom. The third kappa shape index (κ3) is 6.11. The Bertz CT molecular complexity index is 1440. The fourth-order valence-corrected chi connectivity index (χ4v) is 4.37. The number of nitrogens with one attached hydrogen (secondary N) is 1. The number of halogens is 2. The quantitative estimate of drug-likeness (QED) is 0.254. The molecule has 0 aliphatic rings. The standard InChI is InChI=1S/C30H32F2N3O2P/c1-29(2,3)22-15-13-19(14-16-22)28-34-25(26(37-28)20-10-8-11-23(17-20)35(4)5)27(36)33-18-21-9-6-7-12-24(21)30(31,32)38/h6-17H,18,38H2,1-5H3,(H,33,36). The van der Waals surface area contributed by atoms with Crippen molar-refractivity contribution in [3.05, 3.63) is 95.2 Å². The van der Waals surface area contributed by atoms with Crippen LogP contribution in [0, 0.1) is 0 Å². The van der Waals surface area contributed by atoms with Crippen molar-refractivity contribution in [1.82, 2.24) is 10.3 Å². The molecule has 4 rings (SSSR count). The number of oxazole rings is 1. The second kappa shape index (κ2) is 10.7. The first-order chi connectivity index (χ1) is 17.8. The molecule has 0 aliphatic carbocycles. The van der Waals surface area contributed by atoms with Gasteiger partial charge in [-0.3, -0.25) is 4.79 Å². The number of aromatic nitrogens is 1. The molecule has 1 atom stereocenters. The van der Waals surface area contributed by atoms with Gasteiger partial charge in [0.2, 0.25) is 5.89 Å². The van der Waals surface area contributed by atoms with Crippen molar-refractivity contribution in [1.29, 1.82) is 0 Å². The van der Waals surface area contributed by atoms with E-state index in [0.29, 0.717) is 22.8 Å². The minimum atomic E-state index is -3.11. The maximum absolute atomic E-state index is 14.1. The largest absolute Gasteiger partial charge is 0.435 e. The molecule has 1 aromatic heterocycles. The van der Waals surface area contributed by atoms with E-state index in [0.717, 1.165) is 16.8 Å². The minimum Gasteiger partial charge on any atom is -0.435 e. The summed E-state index contributed by atoms with van der Waals surface area (Å²) < 4.78 is 34.3. The third-order valence-electron chi connectivity index (χ3n) is 6.28. The highest BCUT2D eigenvalue weighted by molar-refractivity contribution is 7.17. The molecule has 5 nitrogen and oxygen atoms in total. The van der Waals surface area contributed by atoms with Crippen LogP contribution in [0.25, 0.3) is 22.8 Å². The molecule has 3 aromatic carbocycles. The van der Waals surface area contributed by atoms with Gasteiger partial charge in [-0.15, -0.1) is 0 Å². The molecule has 4 aromatic rings. The lowest BCUT2D eigenvalue weighted by molar-refractivity contribution is 0.0935. The highest BCUT2D eigenvalue weighted by Gasteiger charge is 2.28. The highest BCUT2D eigenvalue weighted by atomic mass is 31.0. The number of carbonyl (C=O) groups is 1. The van der Waals surface area contributed by atoms with Gasteiger partial charge in [-0.1, -0.05) is 78.5 Å². The Kier molecular flexibility index (Phi) is 7.70. The number of hydrogen-bond acceptors (Lipinski definition) is 4. The summed E-state index contributed by atoms with van der Waals surface area (Å²) >= 11 is 0. The molecule has 1 N–H and O–H groups in total. The first-order valence-corrected chi connectivity index (χ1v) is 12.8. The highest BCUT2D eigenvalue weighted by Crippen LogP contribution is 2.37. The molecule has 38 heavy (non-hydrogen) atoms. The monoisotopic (exact) mass is 535 g/mol. The van der Waals surface area contributed by atoms with Crippen molar-refractivity contribution in [2.75, 3.05) is 19.0 Å². The van der Waals surface area contributed by atoms with Crippen molar-refractivity contribution < 1.29 is 18.0 Å². The molecule has 8 heteroatoms. The van der Waals surface area contributed by atoms with Crippen molar-refractivity contribution >= 4 is 20.8 Å². The normalized spacial score (nSPS) is 11.9. The summed E-state index contributed by atoms with van der Waals surface area (Å²) in [6, 6.07) is 21.6. The molecule has 0 radical (unpaired) electrons. The zero-order chi connectivity index (χ0) is 27.7. The predicted molar refractivity (Wildman–Crippen MR) is 152 cm³/mol. The Balaban J connectivity index is 1.72. The van der Waals surface area contributed by atoms with Gasteiger partial charge in [0.1, 0.15) is 0 Å². The molecule has 198 valence electrons. The smallest absolute Gasteiger partial charge is 0.284 e. The van der Waals surface area contributed by atoms with Gasteiger partial charge in [-0.05, 0) is 40.8 Å². The summed E-state index contributed by atoms with van der Waals surface area (Å²) in [5.74, 6) is 0.0990. The van der Waals surface area contributed by atoms with Gasteiger partial charge in [-0.25, -0.2) is 4.98 Å². The summed E-state index contributed by atoms with van der Waals surface area (Å²) in [4.78, 5) is 19.9. The Hall–Kier alpha value is -3.57. The number of hydrogen-bond donors (Lipinski definition) is 1. The van der Waals surface area contributed by atoms with Crippen molar-refractivity contribution in [2.24, 2.45) is 0 Å². The van der Waals surface area contributed by atoms with Crippen molar-refractivity contribution in [3.63, 3.8) is 0 Å². The summed E-state index contributed by atoms with van der Waals surface area (Å²) in [6.07, 6.45) is 0. The molecule has 1 amide bonds. The molecular weight excluding hydrogens is 503 g/mol. The first-order valence-electron chi connectivity index (χ1n) is 12.3. The number of alkyl halides is 2. The van der Waals surface area contributed by atoms with E-state index in [1.54, 1.807) is 27.4 Å². The van der Waals surface area contributed by atoms with Gasteiger partial charge >= 0.3 is 0 Å². The number of anilines is 1. The summed E-state index contributed by atoms with van der Waals surface area (Å²) in [5, 5.41) is 2.75. The molecule has 0 bridgehead atoms. The minimum absolute atomic E-state index is 0.0119. The van der Waals surface area contributed by atoms with E-state index >= 15 is 0 Å². The van der Waals surface area contributed by atoms with Gasteiger partial charge in [0.15, 0.2) is 11.5 Å². The van der Waals surface area contributed by atoms with Crippen LogP contribution in [-0.4, -0.2) is 25.0 Å². The Morgan fingerprint density at radius 2 is 1.66 bits per heavy atom. The molecule has 1 unspecified atom stereocenters. The van der Waals surface area contributed by atoms with Gasteiger partial charge in [-0.2, -0.15) is 8.78 Å². The van der Waals surface area contributed by atoms with Crippen LogP contribution in [0.2, 0.25) is 0 Å². The van der Waals surface area contributed by atoms with Crippen LogP contribution in [0.4, 0.5) is 14.5 Å². The van der Waals surface area contributed by atoms with E-state index in [4.69, 9.17) is 4.42 Å². The summed E-state index contributed by atoms with van der Waals surface area (Å²) in [7, 11) is 5.40. The first kappa shape index (κ1) is 27.5. The SMILES string of the molecule is CN(C)c1cccc(-c2oc(-c3ccc(C(C)(C)C)cc3)nc2C(=O)NCc2ccccc2C(F)(F)P)c1. The molecule has 0 fully saturated rings. The van der Waals surface area contributed by atoms with Gasteiger partial charge in [0.25, 0.3) is 11.6 Å². The Labute approximate surface area is 224 Å². The van der Waals surface area contributed by atoms with Crippen LogP contribution in [0.1, 0.15) is 48.0 Å². The molecule has 1 heterocycles. The second-order valence-electron chi connectivity index (χ2n) is 10.4. The lowest BCUT2D eigenvalue weighted by atomic mass is 9.87. The number of carbonyl (C=O) groups excluding carboxylic acids is 1. The number of benzene rings is 3. The van der Waals surface area contributed by atoms with E-state index in [9.17, 15) is 13.6 Å². The Morgan fingerprint density at radius 3 is 2.29 bits per heavy atom. The average molecular weight is 536 g/mol. The zero-order valence-corrected chi connectivity index (χ0v) is 23.3. The molecule has 0 saturated heterocycles. The lowest BCUT2D eigenvalue weighted by Gasteiger charge is -2.18. The maximum Gasteiger partial charge on any atom is 0.284 e. The van der Waals surface area contributed by atoms with Crippen LogP contribution in [-0.2, 0) is 17.6 Å². The van der Waals surface area contributed by atoms with Crippen LogP contribution in [0.15, 0.2) is 77.2 Å². The molecular formula is C30H32F2N3O2P. The van der Waals surface area contributed by atoms with Crippen molar-refractivity contribution in [2.45, 2.75) is 38.4 Å². The van der Waals surface area contributed by atoms with Gasteiger partial charge in [0, 0.05) is 43.0 Å². The number of nitrogens with zero attached hydrogens (tertiary/aromatic N) is 2. The number of amides is 1. The molecule has 0 saturated carbocycles. The van der Waals surface area contributed by atoms with E-state index in [1.807, 2.05) is 67.5 Å². The van der Waals surface area contributed by atoms with Gasteiger partial charge in [0.05, 0.1) is 0 Å². The van der Waals surface area contributed by atoms with E-state index in [1.165, 1.54) is 6.07 Å². The third-order valence-corrected chi connectivity index (χ3v) is 6.59. The molecule has 0 spiro atoms. The van der Waals surface area contributed by atoms with E-state index in [2.05, 4.69) is 31.1 Å². The number of rotatable bonds is 7.